The Balaban J connectivity index is 0. The molecule has 1 rings (SSSR count). The van der Waals surface area contributed by atoms with Gasteiger partial charge >= 0.3 is 5.69 Å². The Hall–Kier alpha value is -1.36. The zero-order valence-electron chi connectivity index (χ0n) is 8.28. The summed E-state index contributed by atoms with van der Waals surface area (Å²) < 4.78 is 0. The number of rotatable bonds is 0. The maximum Gasteiger partial charge on any atom is 0.385 e. The number of hydrogen-bond donors (Lipinski definition) is 0. The molecule has 66 valence electrons. The summed E-state index contributed by atoms with van der Waals surface area (Å²) in [6.45, 7) is 8.00. The van der Waals surface area contributed by atoms with Gasteiger partial charge in [0.15, 0.2) is 4.98 Å². The molecule has 0 aliphatic carbocycles. The van der Waals surface area contributed by atoms with Crippen LogP contribution >= 0.6 is 0 Å². The topological polar surface area (TPSA) is 28.1 Å². The Morgan fingerprint density at radius 3 is 1.58 bits per heavy atom. The van der Waals surface area contributed by atoms with Crippen molar-refractivity contribution in [2.24, 2.45) is 0 Å². The van der Waals surface area contributed by atoms with E-state index in [0.717, 1.165) is 0 Å². The van der Waals surface area contributed by atoms with Gasteiger partial charge in [0.1, 0.15) is 0 Å². The van der Waals surface area contributed by atoms with Crippen LogP contribution in [0.4, 0.5) is 5.69 Å². The molecule has 0 spiro atoms. The summed E-state index contributed by atoms with van der Waals surface area (Å²) in [7, 11) is 0. The van der Waals surface area contributed by atoms with E-state index in [1.54, 1.807) is 12.1 Å². The quantitative estimate of drug-likeness (QED) is 0.529. The molecule has 0 radical (unpaired) electrons. The van der Waals surface area contributed by atoms with Crippen LogP contribution in [-0.4, -0.2) is 0 Å². The molecule has 2 heteroatoms. The summed E-state index contributed by atoms with van der Waals surface area (Å²) in [6, 6.07) is 8.94. The Morgan fingerprint density at radius 2 is 1.33 bits per heavy atom. The van der Waals surface area contributed by atoms with Crippen molar-refractivity contribution < 1.29 is 0 Å². The second kappa shape index (κ2) is 12.3. The van der Waals surface area contributed by atoms with Crippen LogP contribution in [0, 0.1) is 5.39 Å². The van der Waals surface area contributed by atoms with Gasteiger partial charge in [-0.25, -0.2) is 0 Å². The van der Waals surface area contributed by atoms with Gasteiger partial charge in [0.05, 0.1) is 0 Å². The summed E-state index contributed by atoms with van der Waals surface area (Å²) in [6.07, 6.45) is 0. The molecule has 0 amide bonds. The Labute approximate surface area is 74.9 Å². The highest BCUT2D eigenvalue weighted by molar-refractivity contribution is 5.42. The van der Waals surface area contributed by atoms with E-state index in [4.69, 9.17) is 5.39 Å². The van der Waals surface area contributed by atoms with E-state index in [1.807, 2.05) is 45.9 Å². The summed E-state index contributed by atoms with van der Waals surface area (Å²) in [5, 5.41) is 8.16. The first-order valence-electron chi connectivity index (χ1n) is 4.33. The first kappa shape index (κ1) is 13.2. The SMILES string of the molecule is CC.CC.N#[N+]c1ccccc1. The van der Waals surface area contributed by atoms with Gasteiger partial charge in [0.2, 0.25) is 5.39 Å². The minimum Gasteiger partial charge on any atom is -0.0683 e. The van der Waals surface area contributed by atoms with E-state index < -0.39 is 0 Å². The fourth-order valence-electron chi connectivity index (χ4n) is 0.495. The zero-order chi connectivity index (χ0) is 9.82. The molecule has 0 saturated carbocycles. The molecule has 0 heterocycles. The van der Waals surface area contributed by atoms with E-state index in [2.05, 4.69) is 4.98 Å². The monoisotopic (exact) mass is 165 g/mol. The van der Waals surface area contributed by atoms with E-state index in [9.17, 15) is 0 Å². The number of hydrogen-bond acceptors (Lipinski definition) is 1. The van der Waals surface area contributed by atoms with Crippen LogP contribution in [0.25, 0.3) is 4.98 Å². The van der Waals surface area contributed by atoms with Crippen LogP contribution in [0.2, 0.25) is 0 Å². The highest BCUT2D eigenvalue weighted by Crippen LogP contribution is 2.07. The molecule has 1 aromatic rings. The number of diazo groups is 1. The van der Waals surface area contributed by atoms with E-state index in [0.29, 0.717) is 5.69 Å². The van der Waals surface area contributed by atoms with Crippen LogP contribution < -0.4 is 0 Å². The molecule has 0 aliphatic heterocycles. The van der Waals surface area contributed by atoms with Crippen molar-refractivity contribution >= 4 is 5.69 Å². The predicted molar refractivity (Wildman–Crippen MR) is 53.9 cm³/mol. The lowest BCUT2D eigenvalue weighted by molar-refractivity contribution is 1.46. The highest BCUT2D eigenvalue weighted by Gasteiger charge is 1.95. The third-order valence-corrected chi connectivity index (χ3v) is 0.872. The third-order valence-electron chi connectivity index (χ3n) is 0.872. The van der Waals surface area contributed by atoms with Crippen LogP contribution in [0.15, 0.2) is 30.3 Å². The molecule has 12 heavy (non-hydrogen) atoms. The molecule has 0 aromatic heterocycles. The number of nitrogens with zero attached hydrogens (tertiary/aromatic N) is 2. The highest BCUT2D eigenvalue weighted by atomic mass is 14.8. The second-order valence-electron chi connectivity index (χ2n) is 1.44. The molecular formula is C10H17N2+. The maximum absolute atomic E-state index is 8.16. The van der Waals surface area contributed by atoms with Crippen molar-refractivity contribution in [1.82, 2.24) is 0 Å². The minimum atomic E-state index is 0.590. The maximum atomic E-state index is 8.16. The van der Waals surface area contributed by atoms with Gasteiger partial charge < -0.3 is 0 Å². The third kappa shape index (κ3) is 6.76. The molecule has 0 aliphatic rings. The van der Waals surface area contributed by atoms with Crippen molar-refractivity contribution in [3.63, 3.8) is 0 Å². The summed E-state index contributed by atoms with van der Waals surface area (Å²) in [5.74, 6) is 0. The van der Waals surface area contributed by atoms with Gasteiger partial charge in [-0.3, -0.25) is 0 Å². The second-order valence-corrected chi connectivity index (χ2v) is 1.44. The molecule has 1 aromatic carbocycles. The predicted octanol–water partition coefficient (Wildman–Crippen LogP) is 4.22. The fraction of sp³-hybridized carbons (Fsp3) is 0.400. The molecule has 0 unspecified atom stereocenters. The van der Waals surface area contributed by atoms with Gasteiger partial charge in [-0.2, -0.15) is 0 Å². The number of benzene rings is 1. The Morgan fingerprint density at radius 1 is 0.917 bits per heavy atom. The largest absolute Gasteiger partial charge is 0.385 e. The molecule has 0 fully saturated rings. The van der Waals surface area contributed by atoms with E-state index >= 15 is 0 Å². The average molecular weight is 165 g/mol. The van der Waals surface area contributed by atoms with Gasteiger partial charge in [-0.05, 0) is 0 Å². The Bertz CT molecular complexity index is 199. The molecule has 0 N–H and O–H groups in total. The summed E-state index contributed by atoms with van der Waals surface area (Å²) in [5.41, 5.74) is 0.590. The Kier molecular flexibility index (Phi) is 13.6. The van der Waals surface area contributed by atoms with Crippen molar-refractivity contribution in [3.05, 3.63) is 35.3 Å². The zero-order valence-corrected chi connectivity index (χ0v) is 8.28. The first-order valence-corrected chi connectivity index (χ1v) is 4.33. The molecular weight excluding hydrogens is 148 g/mol. The summed E-state index contributed by atoms with van der Waals surface area (Å²) in [4.78, 5) is 2.97. The van der Waals surface area contributed by atoms with E-state index in [-0.39, 0.29) is 0 Å². The average Bonchev–Trinajstić information content (AvgIpc) is 2.25. The van der Waals surface area contributed by atoms with Gasteiger partial charge in [0.25, 0.3) is 0 Å². The van der Waals surface area contributed by atoms with Crippen molar-refractivity contribution in [2.75, 3.05) is 0 Å². The van der Waals surface area contributed by atoms with Crippen molar-refractivity contribution in [1.29, 1.82) is 5.39 Å². The summed E-state index contributed by atoms with van der Waals surface area (Å²) >= 11 is 0. The first-order chi connectivity index (χ1) is 5.93. The van der Waals surface area contributed by atoms with Crippen LogP contribution in [-0.2, 0) is 0 Å². The van der Waals surface area contributed by atoms with Crippen LogP contribution in [0.5, 0.6) is 0 Å². The van der Waals surface area contributed by atoms with Gasteiger partial charge in [0, 0.05) is 12.1 Å². The molecule has 0 bridgehead atoms. The lowest BCUT2D eigenvalue weighted by Gasteiger charge is -1.69. The lowest BCUT2D eigenvalue weighted by Crippen LogP contribution is -1.54. The normalized spacial score (nSPS) is 6.25. The van der Waals surface area contributed by atoms with Gasteiger partial charge in [-0.1, -0.05) is 45.9 Å². The van der Waals surface area contributed by atoms with Gasteiger partial charge in [-0.15, -0.1) is 0 Å². The molecule has 2 nitrogen and oxygen atoms in total. The lowest BCUT2D eigenvalue weighted by atomic mass is 10.3. The van der Waals surface area contributed by atoms with E-state index in [1.165, 1.54) is 0 Å². The van der Waals surface area contributed by atoms with Crippen LogP contribution in [0.1, 0.15) is 27.7 Å². The van der Waals surface area contributed by atoms with Crippen molar-refractivity contribution in [2.45, 2.75) is 27.7 Å². The fourth-order valence-corrected chi connectivity index (χ4v) is 0.495. The smallest absolute Gasteiger partial charge is 0.0683 e. The standard InChI is InChI=1S/C6H5N2.2C2H6/c7-8-6-4-2-1-3-5-6;2*1-2/h1-5H;2*1-2H3/q+1;;. The van der Waals surface area contributed by atoms with Crippen LogP contribution in [0.3, 0.4) is 0 Å². The molecule has 0 saturated heterocycles. The molecule has 0 atom stereocenters. The minimum absolute atomic E-state index is 0.590. The van der Waals surface area contributed by atoms with Crippen molar-refractivity contribution in [3.8, 4) is 0 Å².